The number of hydrogen-bond donors (Lipinski definition) is 4. The maximum atomic E-state index is 12.5. The van der Waals surface area contributed by atoms with Gasteiger partial charge < -0.3 is 20.1 Å². The lowest BCUT2D eigenvalue weighted by atomic mass is 9.92. The predicted molar refractivity (Wildman–Crippen MR) is 143 cm³/mol. The van der Waals surface area contributed by atoms with E-state index in [-0.39, 0.29) is 16.3 Å². The van der Waals surface area contributed by atoms with Crippen molar-refractivity contribution in [3.63, 3.8) is 0 Å². The SMILES string of the molecule is CNC(=O)c1cc2c(Oc3ccc(NC(=O)Nc4cc(C(C)(C)C)n[nH]4)c(Cl)c3)ccnc2cc1OC. The number of urea groups is 1. The number of carbonyl (C=O) groups excluding carboxylic acids is 2. The third-order valence-electron chi connectivity index (χ3n) is 5.51. The van der Waals surface area contributed by atoms with Gasteiger partial charge in [-0.25, -0.2) is 4.79 Å². The van der Waals surface area contributed by atoms with Gasteiger partial charge in [-0.15, -0.1) is 0 Å². The van der Waals surface area contributed by atoms with Crippen molar-refractivity contribution in [2.24, 2.45) is 0 Å². The van der Waals surface area contributed by atoms with Crippen LogP contribution in [-0.2, 0) is 5.41 Å². The molecule has 4 rings (SSSR count). The van der Waals surface area contributed by atoms with Gasteiger partial charge in [0.05, 0.1) is 34.6 Å². The molecule has 0 bridgehead atoms. The number of pyridine rings is 1. The summed E-state index contributed by atoms with van der Waals surface area (Å²) in [7, 11) is 3.03. The zero-order chi connectivity index (χ0) is 26.7. The van der Waals surface area contributed by atoms with Gasteiger partial charge in [-0.05, 0) is 24.3 Å². The average Bonchev–Trinajstić information content (AvgIpc) is 3.33. The van der Waals surface area contributed by atoms with Gasteiger partial charge >= 0.3 is 6.03 Å². The van der Waals surface area contributed by atoms with Crippen LogP contribution in [0.2, 0.25) is 5.02 Å². The van der Waals surface area contributed by atoms with Gasteiger partial charge in [0.25, 0.3) is 5.91 Å². The molecule has 192 valence electrons. The molecular weight excluding hydrogens is 496 g/mol. The van der Waals surface area contributed by atoms with E-state index >= 15 is 0 Å². The van der Waals surface area contributed by atoms with Crippen molar-refractivity contribution in [3.05, 3.63) is 64.9 Å². The van der Waals surface area contributed by atoms with Crippen LogP contribution >= 0.6 is 11.6 Å². The molecule has 0 spiro atoms. The number of carbonyl (C=O) groups is 2. The summed E-state index contributed by atoms with van der Waals surface area (Å²) in [5.41, 5.74) is 2.02. The summed E-state index contributed by atoms with van der Waals surface area (Å²) in [6.45, 7) is 6.09. The molecule has 10 nitrogen and oxygen atoms in total. The summed E-state index contributed by atoms with van der Waals surface area (Å²) >= 11 is 6.43. The molecule has 11 heteroatoms. The number of anilines is 2. The number of H-pyrrole nitrogens is 1. The van der Waals surface area contributed by atoms with E-state index in [1.165, 1.54) is 7.11 Å². The van der Waals surface area contributed by atoms with E-state index < -0.39 is 6.03 Å². The number of halogens is 1. The molecule has 2 aromatic heterocycles. The van der Waals surface area contributed by atoms with Gasteiger partial charge in [-0.3, -0.25) is 20.2 Å². The molecule has 4 N–H and O–H groups in total. The van der Waals surface area contributed by atoms with Gasteiger partial charge in [0.15, 0.2) is 0 Å². The minimum Gasteiger partial charge on any atom is -0.496 e. The molecule has 0 aliphatic rings. The maximum Gasteiger partial charge on any atom is 0.324 e. The van der Waals surface area contributed by atoms with E-state index in [1.54, 1.807) is 55.7 Å². The van der Waals surface area contributed by atoms with Gasteiger partial charge in [-0.1, -0.05) is 32.4 Å². The third kappa shape index (κ3) is 5.75. The molecule has 3 amide bonds. The Morgan fingerprint density at radius 2 is 1.81 bits per heavy atom. The molecule has 0 aliphatic heterocycles. The molecule has 0 unspecified atom stereocenters. The number of methoxy groups -OCH3 is 1. The first-order valence-electron chi connectivity index (χ1n) is 11.4. The van der Waals surface area contributed by atoms with Gasteiger partial charge in [0.2, 0.25) is 0 Å². The van der Waals surface area contributed by atoms with Crippen LogP contribution in [0, 0.1) is 0 Å². The minimum absolute atomic E-state index is 0.151. The third-order valence-corrected chi connectivity index (χ3v) is 5.82. The molecule has 0 saturated heterocycles. The summed E-state index contributed by atoms with van der Waals surface area (Å²) in [6.07, 6.45) is 1.60. The Hall–Kier alpha value is -4.31. The van der Waals surface area contributed by atoms with Crippen molar-refractivity contribution in [2.75, 3.05) is 24.8 Å². The fourth-order valence-electron chi connectivity index (χ4n) is 3.55. The smallest absolute Gasteiger partial charge is 0.324 e. The Bertz CT molecular complexity index is 1480. The highest BCUT2D eigenvalue weighted by atomic mass is 35.5. The van der Waals surface area contributed by atoms with Crippen LogP contribution in [0.5, 0.6) is 17.2 Å². The van der Waals surface area contributed by atoms with Crippen LogP contribution in [0.4, 0.5) is 16.3 Å². The topological polar surface area (TPSA) is 130 Å². The number of fused-ring (bicyclic) bond motifs is 1. The van der Waals surface area contributed by atoms with Crippen LogP contribution < -0.4 is 25.4 Å². The summed E-state index contributed by atoms with van der Waals surface area (Å²) in [4.78, 5) is 29.1. The first-order valence-corrected chi connectivity index (χ1v) is 11.8. The molecule has 0 saturated carbocycles. The second kappa shape index (κ2) is 10.4. The molecular formula is C26H27ClN6O4. The van der Waals surface area contributed by atoms with Crippen molar-refractivity contribution in [2.45, 2.75) is 26.2 Å². The molecule has 0 fully saturated rings. The summed E-state index contributed by atoms with van der Waals surface area (Å²) in [5.74, 6) is 1.48. The molecule has 0 radical (unpaired) electrons. The molecule has 0 aliphatic carbocycles. The van der Waals surface area contributed by atoms with Crippen LogP contribution in [0.15, 0.2) is 48.7 Å². The Morgan fingerprint density at radius 3 is 2.46 bits per heavy atom. The Kier molecular flexibility index (Phi) is 7.21. The predicted octanol–water partition coefficient (Wildman–Crippen LogP) is 5.71. The average molecular weight is 523 g/mol. The molecule has 0 atom stereocenters. The number of benzene rings is 2. The van der Waals surface area contributed by atoms with E-state index in [9.17, 15) is 9.59 Å². The van der Waals surface area contributed by atoms with Crippen LogP contribution in [0.1, 0.15) is 36.8 Å². The first-order chi connectivity index (χ1) is 17.6. The standard InChI is InChI=1S/C26H27ClN6O4/c1-26(2,3)22-13-23(33-32-22)31-25(35)30-18-7-6-14(10-17(18)27)37-20-8-9-29-19-12-21(36-5)16(11-15(19)20)24(34)28-4/h6-13H,1-5H3,(H,28,34)(H3,30,31,32,33,35). The number of amides is 3. The van der Waals surface area contributed by atoms with E-state index in [4.69, 9.17) is 21.1 Å². The Labute approximate surface area is 218 Å². The molecule has 4 aromatic rings. The van der Waals surface area contributed by atoms with E-state index in [1.807, 2.05) is 20.8 Å². The van der Waals surface area contributed by atoms with Crippen molar-refractivity contribution in [1.29, 1.82) is 0 Å². The zero-order valence-electron chi connectivity index (χ0n) is 21.0. The van der Waals surface area contributed by atoms with Gasteiger partial charge in [0.1, 0.15) is 23.1 Å². The number of aromatic amines is 1. The molecule has 2 aromatic carbocycles. The largest absolute Gasteiger partial charge is 0.496 e. The minimum atomic E-state index is -0.476. The Morgan fingerprint density at radius 1 is 1.03 bits per heavy atom. The molecule has 2 heterocycles. The maximum absolute atomic E-state index is 12.5. The number of rotatable bonds is 6. The quantitative estimate of drug-likeness (QED) is 0.256. The van der Waals surface area contributed by atoms with Gasteiger partial charge in [-0.2, -0.15) is 5.10 Å². The lowest BCUT2D eigenvalue weighted by Crippen LogP contribution is -2.19. The number of hydrogen-bond acceptors (Lipinski definition) is 6. The molecule has 37 heavy (non-hydrogen) atoms. The second-order valence-corrected chi connectivity index (χ2v) is 9.60. The van der Waals surface area contributed by atoms with E-state index in [0.717, 1.165) is 5.69 Å². The van der Waals surface area contributed by atoms with Crippen molar-refractivity contribution >= 4 is 45.9 Å². The summed E-state index contributed by atoms with van der Waals surface area (Å²) in [6, 6.07) is 11.2. The summed E-state index contributed by atoms with van der Waals surface area (Å²) < 4.78 is 11.4. The lowest BCUT2D eigenvalue weighted by Gasteiger charge is -2.14. The van der Waals surface area contributed by atoms with Crippen LogP contribution in [0.3, 0.4) is 0 Å². The van der Waals surface area contributed by atoms with E-state index in [0.29, 0.717) is 45.2 Å². The number of nitrogens with zero attached hydrogens (tertiary/aromatic N) is 2. The fourth-order valence-corrected chi connectivity index (χ4v) is 3.77. The van der Waals surface area contributed by atoms with Crippen molar-refractivity contribution < 1.29 is 19.1 Å². The monoisotopic (exact) mass is 522 g/mol. The van der Waals surface area contributed by atoms with Gasteiger partial charge in [0, 0.05) is 42.2 Å². The fraction of sp³-hybridized carbons (Fsp3) is 0.231. The normalized spacial score (nSPS) is 11.2. The number of nitrogens with one attached hydrogen (secondary N) is 4. The highest BCUT2D eigenvalue weighted by Crippen LogP contribution is 2.35. The lowest BCUT2D eigenvalue weighted by molar-refractivity contribution is 0.0960. The van der Waals surface area contributed by atoms with Crippen LogP contribution in [-0.4, -0.2) is 41.3 Å². The number of ether oxygens (including phenoxy) is 2. The highest BCUT2D eigenvalue weighted by Gasteiger charge is 2.19. The zero-order valence-corrected chi connectivity index (χ0v) is 21.8. The van der Waals surface area contributed by atoms with Crippen molar-refractivity contribution in [1.82, 2.24) is 20.5 Å². The Balaban J connectivity index is 1.52. The van der Waals surface area contributed by atoms with Crippen LogP contribution in [0.25, 0.3) is 10.9 Å². The van der Waals surface area contributed by atoms with Crippen molar-refractivity contribution in [3.8, 4) is 17.2 Å². The summed E-state index contributed by atoms with van der Waals surface area (Å²) in [5, 5.41) is 15.9. The highest BCUT2D eigenvalue weighted by molar-refractivity contribution is 6.34. The van der Waals surface area contributed by atoms with E-state index in [2.05, 4.69) is 31.1 Å². The second-order valence-electron chi connectivity index (χ2n) is 9.20. The first kappa shape index (κ1) is 25.8. The number of aromatic nitrogens is 3.